The highest BCUT2D eigenvalue weighted by molar-refractivity contribution is 6.14. The Labute approximate surface area is 131 Å². The number of benzene rings is 1. The summed E-state index contributed by atoms with van der Waals surface area (Å²) in [7, 11) is 0. The number of fused-ring (bicyclic) bond motifs is 6. The summed E-state index contributed by atoms with van der Waals surface area (Å²) in [4.78, 5) is 24.6. The third-order valence-corrected chi connectivity index (χ3v) is 4.73. The van der Waals surface area contributed by atoms with Gasteiger partial charge >= 0.3 is 0 Å². The fourth-order valence-corrected chi connectivity index (χ4v) is 3.68. The van der Waals surface area contributed by atoms with Crippen molar-refractivity contribution < 1.29 is 14.0 Å². The molecule has 3 aliphatic rings. The summed E-state index contributed by atoms with van der Waals surface area (Å²) < 4.78 is 5.94. The van der Waals surface area contributed by atoms with Gasteiger partial charge in [-0.15, -0.1) is 0 Å². The highest BCUT2D eigenvalue weighted by Crippen LogP contribution is 2.35. The molecular formula is C20H12O3. The van der Waals surface area contributed by atoms with Gasteiger partial charge in [-0.2, -0.15) is 0 Å². The number of carbonyl (C=O) groups excluding carboxylic acids is 2. The lowest BCUT2D eigenvalue weighted by atomic mass is 9.78. The van der Waals surface area contributed by atoms with E-state index in [9.17, 15) is 9.59 Å². The Hall–Kier alpha value is -2.94. The van der Waals surface area contributed by atoms with Crippen LogP contribution < -0.4 is 10.8 Å². The van der Waals surface area contributed by atoms with Crippen LogP contribution in [0, 0.1) is 0 Å². The summed E-state index contributed by atoms with van der Waals surface area (Å²) in [6, 6.07) is 7.56. The second-order valence-corrected chi connectivity index (χ2v) is 6.07. The van der Waals surface area contributed by atoms with E-state index in [2.05, 4.69) is 0 Å². The maximum atomic E-state index is 13.0. The maximum Gasteiger partial charge on any atom is 0.197 e. The Morgan fingerprint density at radius 1 is 1.04 bits per heavy atom. The molecule has 1 heterocycles. The summed E-state index contributed by atoms with van der Waals surface area (Å²) in [6.07, 6.45) is 9.65. The Morgan fingerprint density at radius 3 is 2.83 bits per heavy atom. The van der Waals surface area contributed by atoms with Crippen molar-refractivity contribution in [2.45, 2.75) is 12.3 Å². The molecule has 2 aromatic rings. The highest BCUT2D eigenvalue weighted by atomic mass is 16.3. The minimum Gasteiger partial charge on any atom is -0.456 e. The van der Waals surface area contributed by atoms with Crippen molar-refractivity contribution in [1.82, 2.24) is 0 Å². The first-order chi connectivity index (χ1) is 11.2. The van der Waals surface area contributed by atoms with Gasteiger partial charge in [-0.1, -0.05) is 42.0 Å². The van der Waals surface area contributed by atoms with E-state index < -0.39 is 0 Å². The Bertz CT molecular complexity index is 1080. The zero-order chi connectivity index (χ0) is 15.6. The van der Waals surface area contributed by atoms with Gasteiger partial charge in [-0.25, -0.2) is 0 Å². The minimum absolute atomic E-state index is 0.00282. The number of rotatable bonds is 0. The molecule has 0 bridgehead atoms. The van der Waals surface area contributed by atoms with Gasteiger partial charge in [-0.3, -0.25) is 9.59 Å². The quantitative estimate of drug-likeness (QED) is 0.638. The van der Waals surface area contributed by atoms with Crippen LogP contribution in [0.5, 0.6) is 0 Å². The zero-order valence-electron chi connectivity index (χ0n) is 12.2. The molecule has 3 heteroatoms. The predicted octanol–water partition coefficient (Wildman–Crippen LogP) is 1.99. The first-order valence-corrected chi connectivity index (χ1v) is 7.62. The van der Waals surface area contributed by atoms with Gasteiger partial charge in [-0.05, 0) is 23.8 Å². The van der Waals surface area contributed by atoms with Crippen molar-refractivity contribution in [1.29, 1.82) is 0 Å². The van der Waals surface area contributed by atoms with Crippen LogP contribution in [0.25, 0.3) is 12.2 Å². The topological polar surface area (TPSA) is 47.3 Å². The lowest BCUT2D eigenvalue weighted by molar-refractivity contribution is -0.114. The molecule has 110 valence electrons. The molecule has 0 radical (unpaired) electrons. The third-order valence-electron chi connectivity index (χ3n) is 4.73. The molecule has 0 spiro atoms. The molecule has 1 unspecified atom stereocenters. The number of carbonyl (C=O) groups is 2. The predicted molar refractivity (Wildman–Crippen MR) is 85.5 cm³/mol. The minimum atomic E-state index is -0.0391. The highest BCUT2D eigenvalue weighted by Gasteiger charge is 2.33. The fraction of sp³-hybridized carbons (Fsp3) is 0.100. The summed E-state index contributed by atoms with van der Waals surface area (Å²) in [6.45, 7) is 0. The molecule has 0 saturated carbocycles. The van der Waals surface area contributed by atoms with Crippen molar-refractivity contribution in [2.24, 2.45) is 0 Å². The van der Waals surface area contributed by atoms with E-state index in [1.807, 2.05) is 48.6 Å². The van der Waals surface area contributed by atoms with Crippen LogP contribution in [0.15, 0.2) is 52.5 Å². The van der Waals surface area contributed by atoms with Crippen molar-refractivity contribution in [3.05, 3.63) is 81.2 Å². The van der Waals surface area contributed by atoms with Crippen LogP contribution in [-0.2, 0) is 4.79 Å². The second-order valence-electron chi connectivity index (χ2n) is 6.07. The Balaban J connectivity index is 1.82. The van der Waals surface area contributed by atoms with E-state index in [4.69, 9.17) is 4.42 Å². The standard InChI is InChI=1S/C20H12O3/c21-13-6-7-14-12(9-13)5-8-16-18(14)19-17(23-16)10-11-3-1-2-4-15(11)20(19)22/h1-8,10,14H,9H2. The van der Waals surface area contributed by atoms with Gasteiger partial charge in [0.25, 0.3) is 0 Å². The second kappa shape index (κ2) is 4.29. The number of ketones is 2. The number of hydrogen-bond donors (Lipinski definition) is 0. The van der Waals surface area contributed by atoms with Gasteiger partial charge in [0.05, 0.1) is 5.56 Å². The molecule has 3 nitrogen and oxygen atoms in total. The van der Waals surface area contributed by atoms with E-state index in [-0.39, 0.29) is 17.5 Å². The van der Waals surface area contributed by atoms with E-state index in [0.717, 1.165) is 22.1 Å². The molecule has 23 heavy (non-hydrogen) atoms. The van der Waals surface area contributed by atoms with Crippen molar-refractivity contribution >= 4 is 23.7 Å². The first kappa shape index (κ1) is 12.6. The van der Waals surface area contributed by atoms with Crippen molar-refractivity contribution in [3.8, 4) is 0 Å². The molecule has 1 aromatic carbocycles. The van der Waals surface area contributed by atoms with Gasteiger partial charge in [0.15, 0.2) is 11.6 Å². The van der Waals surface area contributed by atoms with Gasteiger partial charge in [0.2, 0.25) is 0 Å². The molecule has 5 rings (SSSR count). The number of allylic oxidation sites excluding steroid dienone is 4. The fourth-order valence-electron chi connectivity index (χ4n) is 3.68. The monoisotopic (exact) mass is 300 g/mol. The lowest BCUT2D eigenvalue weighted by Crippen LogP contribution is -2.24. The normalized spacial score (nSPS) is 20.5. The molecule has 0 saturated heterocycles. The molecule has 0 amide bonds. The SMILES string of the molecule is O=C1C=CC2C(=CC=c3oc4c(c32)C(=O)c2ccccc2C=4)C1. The molecule has 0 fully saturated rings. The van der Waals surface area contributed by atoms with Crippen molar-refractivity contribution in [3.63, 3.8) is 0 Å². The Morgan fingerprint density at radius 2 is 1.91 bits per heavy atom. The first-order valence-electron chi connectivity index (χ1n) is 7.62. The van der Waals surface area contributed by atoms with E-state index >= 15 is 0 Å². The third kappa shape index (κ3) is 1.65. The molecule has 1 atom stereocenters. The van der Waals surface area contributed by atoms with Crippen LogP contribution >= 0.6 is 0 Å². The molecule has 0 aliphatic heterocycles. The average molecular weight is 300 g/mol. The number of hydrogen-bond acceptors (Lipinski definition) is 3. The van der Waals surface area contributed by atoms with Crippen LogP contribution in [0.4, 0.5) is 0 Å². The van der Waals surface area contributed by atoms with Gasteiger partial charge < -0.3 is 4.42 Å². The summed E-state index contributed by atoms with van der Waals surface area (Å²) in [5, 5.41) is 0. The van der Waals surface area contributed by atoms with Crippen LogP contribution in [-0.4, -0.2) is 11.6 Å². The smallest absolute Gasteiger partial charge is 0.197 e. The van der Waals surface area contributed by atoms with Crippen LogP contribution in [0.3, 0.4) is 0 Å². The molecule has 3 aliphatic carbocycles. The van der Waals surface area contributed by atoms with Crippen molar-refractivity contribution in [2.75, 3.05) is 0 Å². The van der Waals surface area contributed by atoms with Crippen LogP contribution in [0.1, 0.15) is 39.4 Å². The zero-order valence-corrected chi connectivity index (χ0v) is 12.2. The van der Waals surface area contributed by atoms with Gasteiger partial charge in [0.1, 0.15) is 10.8 Å². The van der Waals surface area contributed by atoms with E-state index in [0.29, 0.717) is 23.0 Å². The maximum absolute atomic E-state index is 13.0. The van der Waals surface area contributed by atoms with Gasteiger partial charge in [0, 0.05) is 23.5 Å². The molecular weight excluding hydrogens is 288 g/mol. The molecule has 0 N–H and O–H groups in total. The Kier molecular flexibility index (Phi) is 2.35. The summed E-state index contributed by atoms with van der Waals surface area (Å²) in [5.41, 5.74) is 5.51. The van der Waals surface area contributed by atoms with E-state index in [1.54, 1.807) is 6.08 Å². The number of furan rings is 1. The lowest BCUT2D eigenvalue weighted by Gasteiger charge is -2.22. The summed E-state index contributed by atoms with van der Waals surface area (Å²) in [5.74, 6) is 0.0656. The van der Waals surface area contributed by atoms with E-state index in [1.165, 1.54) is 0 Å². The average Bonchev–Trinajstić information content (AvgIpc) is 2.93. The van der Waals surface area contributed by atoms with Crippen LogP contribution in [0.2, 0.25) is 0 Å². The molecule has 1 aromatic heterocycles. The summed E-state index contributed by atoms with van der Waals surface area (Å²) >= 11 is 0. The largest absolute Gasteiger partial charge is 0.456 e.